The number of carbonyl (C=O) groups is 2. The molecular formula is C42H76O14P2. The average molecular weight is 867 g/mol. The minimum atomic E-state index is -4.87. The summed E-state index contributed by atoms with van der Waals surface area (Å²) in [6, 6.07) is 0. The molecule has 58 heavy (non-hydrogen) atoms. The van der Waals surface area contributed by atoms with Gasteiger partial charge in [-0.25, -0.2) is 9.13 Å². The number of carbonyl (C=O) groups excluding carboxylic acids is 2. The van der Waals surface area contributed by atoms with Crippen molar-refractivity contribution < 1.29 is 66.7 Å². The van der Waals surface area contributed by atoms with Crippen LogP contribution in [0.1, 0.15) is 161 Å². The first-order valence-electron chi connectivity index (χ1n) is 21.4. The van der Waals surface area contributed by atoms with E-state index in [9.17, 15) is 28.7 Å². The number of aliphatic hydroxyl groups is 2. The van der Waals surface area contributed by atoms with E-state index in [0.717, 1.165) is 64.2 Å². The van der Waals surface area contributed by atoms with Crippen molar-refractivity contribution in [3.8, 4) is 0 Å². The zero-order valence-corrected chi connectivity index (χ0v) is 36.9. The van der Waals surface area contributed by atoms with E-state index in [-0.39, 0.29) is 19.4 Å². The van der Waals surface area contributed by atoms with Crippen molar-refractivity contribution >= 4 is 27.6 Å². The van der Waals surface area contributed by atoms with E-state index >= 15 is 0 Å². The Balaban J connectivity index is 4.62. The Morgan fingerprint density at radius 2 is 0.983 bits per heavy atom. The van der Waals surface area contributed by atoms with E-state index in [1.54, 1.807) is 0 Å². The summed E-state index contributed by atoms with van der Waals surface area (Å²) in [6.45, 7) is -0.303. The minimum absolute atomic E-state index is 0.0462. The Hall–Kier alpha value is -1.96. The van der Waals surface area contributed by atoms with Crippen molar-refractivity contribution in [2.24, 2.45) is 0 Å². The number of rotatable bonds is 41. The number of ether oxygens (including phenoxy) is 2. The van der Waals surface area contributed by atoms with Crippen LogP contribution in [0, 0.1) is 0 Å². The Labute approximate surface area is 348 Å². The molecule has 0 aliphatic rings. The standard InChI is InChI=1S/C42H76O14P2/c1-2-3-4-5-6-7-8-14-17-20-23-26-29-32-41(45)52-37-40(38-55-58(50,51)54-36-39(44)35-53-57(47,48)49)56-42(46)33-30-27-24-21-18-15-12-10-9-11-13-16-19-22-25-28-31-34-43/h9,11-12,15-16,19,21,24,39-40,43-44H,2-8,10,13-14,17-18,20,22-23,25-38H2,1H3,(H,50,51)(H2,47,48,49)/b11-9-,15-12-,19-16-,24-21-/t39-,40+/m0/s1. The third-order valence-electron chi connectivity index (χ3n) is 8.77. The second-order valence-electron chi connectivity index (χ2n) is 14.3. The number of phosphoric acid groups is 2. The lowest BCUT2D eigenvalue weighted by molar-refractivity contribution is -0.161. The number of aliphatic hydroxyl groups excluding tert-OH is 2. The van der Waals surface area contributed by atoms with Gasteiger partial charge < -0.3 is 34.4 Å². The molecule has 0 aliphatic carbocycles. The summed E-state index contributed by atoms with van der Waals surface area (Å²) in [5.74, 6) is -1.11. The normalized spacial score (nSPS) is 14.5. The van der Waals surface area contributed by atoms with Crippen LogP contribution in [-0.2, 0) is 41.8 Å². The Kier molecular flexibility index (Phi) is 37.9. The maximum atomic E-state index is 12.6. The largest absolute Gasteiger partial charge is 0.472 e. The van der Waals surface area contributed by atoms with E-state index in [2.05, 4.69) is 52.4 Å². The SMILES string of the molecule is CCCCCCCCCCCCCCCC(=O)OC[C@H](COP(=O)(O)OC[C@@H](O)COP(=O)(O)O)OC(=O)CCC/C=C\C/C=C\C/C=C\C/C=C\CCCCCO. The smallest absolute Gasteiger partial charge is 0.462 e. The zero-order chi connectivity index (χ0) is 43.0. The van der Waals surface area contributed by atoms with Crippen molar-refractivity contribution in [3.63, 3.8) is 0 Å². The van der Waals surface area contributed by atoms with Gasteiger partial charge in [0.05, 0.1) is 19.8 Å². The lowest BCUT2D eigenvalue weighted by atomic mass is 10.0. The van der Waals surface area contributed by atoms with Crippen LogP contribution < -0.4 is 0 Å². The summed E-state index contributed by atoms with van der Waals surface area (Å²) in [4.78, 5) is 52.6. The molecule has 0 amide bonds. The predicted octanol–water partition coefficient (Wildman–Crippen LogP) is 9.64. The second kappa shape index (κ2) is 39.2. The molecule has 0 saturated carbocycles. The van der Waals surface area contributed by atoms with Gasteiger partial charge in [-0.2, -0.15) is 0 Å². The second-order valence-corrected chi connectivity index (χ2v) is 17.0. The number of unbranched alkanes of at least 4 members (excludes halogenated alkanes) is 16. The predicted molar refractivity (Wildman–Crippen MR) is 227 cm³/mol. The number of hydrogen-bond donors (Lipinski definition) is 5. The first kappa shape index (κ1) is 56.0. The summed E-state index contributed by atoms with van der Waals surface area (Å²) < 4.78 is 47.6. The van der Waals surface area contributed by atoms with Gasteiger partial charge in [0.1, 0.15) is 12.7 Å². The molecule has 0 saturated heterocycles. The molecule has 1 unspecified atom stereocenters. The summed E-state index contributed by atoms with van der Waals surface area (Å²) >= 11 is 0. The van der Waals surface area contributed by atoms with E-state index in [4.69, 9.17) is 28.9 Å². The van der Waals surface area contributed by atoms with Crippen LogP contribution in [0.5, 0.6) is 0 Å². The van der Waals surface area contributed by atoms with Gasteiger partial charge in [0.2, 0.25) is 0 Å². The Bertz CT molecular complexity index is 1220. The van der Waals surface area contributed by atoms with Gasteiger partial charge in [-0.3, -0.25) is 23.2 Å². The quantitative estimate of drug-likeness (QED) is 0.0167. The molecule has 3 atom stereocenters. The van der Waals surface area contributed by atoms with Crippen molar-refractivity contribution in [1.29, 1.82) is 0 Å². The van der Waals surface area contributed by atoms with Gasteiger partial charge in [-0.1, -0.05) is 139 Å². The molecule has 0 heterocycles. The van der Waals surface area contributed by atoms with Crippen LogP contribution in [0.25, 0.3) is 0 Å². The van der Waals surface area contributed by atoms with Gasteiger partial charge in [0.25, 0.3) is 0 Å². The van der Waals surface area contributed by atoms with Gasteiger partial charge in [-0.05, 0) is 57.8 Å². The summed E-state index contributed by atoms with van der Waals surface area (Å²) in [7, 11) is -9.69. The van der Waals surface area contributed by atoms with Crippen LogP contribution in [-0.4, -0.2) is 82.1 Å². The van der Waals surface area contributed by atoms with Crippen molar-refractivity contribution in [3.05, 3.63) is 48.6 Å². The average Bonchev–Trinajstić information content (AvgIpc) is 3.18. The molecular weight excluding hydrogens is 790 g/mol. The van der Waals surface area contributed by atoms with Crippen LogP contribution in [0.2, 0.25) is 0 Å². The van der Waals surface area contributed by atoms with Gasteiger partial charge in [0, 0.05) is 19.4 Å². The monoisotopic (exact) mass is 866 g/mol. The highest BCUT2D eigenvalue weighted by molar-refractivity contribution is 7.47. The highest BCUT2D eigenvalue weighted by atomic mass is 31.2. The molecule has 0 aromatic carbocycles. The highest BCUT2D eigenvalue weighted by Gasteiger charge is 2.28. The number of phosphoric ester groups is 2. The third kappa shape index (κ3) is 42.2. The zero-order valence-electron chi connectivity index (χ0n) is 35.1. The Morgan fingerprint density at radius 3 is 1.52 bits per heavy atom. The van der Waals surface area contributed by atoms with Crippen molar-refractivity contribution in [2.75, 3.05) is 33.0 Å². The van der Waals surface area contributed by atoms with E-state index in [1.165, 1.54) is 57.8 Å². The number of esters is 2. The van der Waals surface area contributed by atoms with Crippen LogP contribution in [0.15, 0.2) is 48.6 Å². The molecule has 0 bridgehead atoms. The van der Waals surface area contributed by atoms with Crippen molar-refractivity contribution in [2.45, 2.75) is 173 Å². The van der Waals surface area contributed by atoms with Gasteiger partial charge >= 0.3 is 27.6 Å². The molecule has 16 heteroatoms. The third-order valence-corrected chi connectivity index (χ3v) is 10.2. The van der Waals surface area contributed by atoms with E-state index < -0.39 is 66.2 Å². The van der Waals surface area contributed by atoms with Crippen LogP contribution >= 0.6 is 15.6 Å². The summed E-state index contributed by atoms with van der Waals surface area (Å²) in [5.41, 5.74) is 0. The Morgan fingerprint density at radius 1 is 0.534 bits per heavy atom. The fourth-order valence-electron chi connectivity index (χ4n) is 5.50. The summed E-state index contributed by atoms with van der Waals surface area (Å²) in [6.07, 6.45) is 37.0. The van der Waals surface area contributed by atoms with Gasteiger partial charge in [0.15, 0.2) is 6.10 Å². The maximum Gasteiger partial charge on any atom is 0.472 e. The number of allylic oxidation sites excluding steroid dienone is 8. The lowest BCUT2D eigenvalue weighted by Gasteiger charge is -2.20. The lowest BCUT2D eigenvalue weighted by Crippen LogP contribution is -2.29. The maximum absolute atomic E-state index is 12.6. The molecule has 0 fully saturated rings. The highest BCUT2D eigenvalue weighted by Crippen LogP contribution is 2.43. The molecule has 0 aromatic heterocycles. The fourth-order valence-corrected chi connectivity index (χ4v) is 6.65. The van der Waals surface area contributed by atoms with Crippen molar-refractivity contribution in [1.82, 2.24) is 0 Å². The molecule has 0 radical (unpaired) electrons. The molecule has 0 aromatic rings. The topological polar surface area (TPSA) is 216 Å². The fraction of sp³-hybridized carbons (Fsp3) is 0.762. The van der Waals surface area contributed by atoms with E-state index in [0.29, 0.717) is 19.3 Å². The number of hydrogen-bond acceptors (Lipinski definition) is 11. The first-order valence-corrected chi connectivity index (χ1v) is 24.5. The molecule has 0 spiro atoms. The molecule has 338 valence electrons. The molecule has 0 rings (SSSR count). The van der Waals surface area contributed by atoms with Crippen LogP contribution in [0.4, 0.5) is 0 Å². The minimum Gasteiger partial charge on any atom is -0.462 e. The van der Waals surface area contributed by atoms with Crippen LogP contribution in [0.3, 0.4) is 0 Å². The van der Waals surface area contributed by atoms with Gasteiger partial charge in [-0.15, -0.1) is 0 Å². The molecule has 0 aliphatic heterocycles. The molecule has 14 nitrogen and oxygen atoms in total. The molecule has 5 N–H and O–H groups in total. The summed E-state index contributed by atoms with van der Waals surface area (Å²) in [5, 5.41) is 18.5. The first-order chi connectivity index (χ1) is 27.9. The van der Waals surface area contributed by atoms with E-state index in [1.807, 2.05) is 12.2 Å².